The Bertz CT molecular complexity index is 735. The fourth-order valence-corrected chi connectivity index (χ4v) is 3.92. The Balaban J connectivity index is 1.64. The molecule has 1 aromatic heterocycles. The van der Waals surface area contributed by atoms with Gasteiger partial charge in [0.25, 0.3) is 11.8 Å². The summed E-state index contributed by atoms with van der Waals surface area (Å²) in [4.78, 5) is 31.8. The van der Waals surface area contributed by atoms with Gasteiger partial charge in [-0.25, -0.2) is 4.98 Å². The maximum Gasteiger partial charge on any atom is 0.287 e. The van der Waals surface area contributed by atoms with Crippen LogP contribution in [0.25, 0.3) is 0 Å². The van der Waals surface area contributed by atoms with Crippen LogP contribution in [-0.2, 0) is 13.0 Å². The number of carbonyl (C=O) groups excluding carboxylic acids is 2. The van der Waals surface area contributed by atoms with E-state index < -0.39 is 0 Å². The summed E-state index contributed by atoms with van der Waals surface area (Å²) in [5.41, 5.74) is 2.77. The van der Waals surface area contributed by atoms with Crippen molar-refractivity contribution < 1.29 is 9.59 Å². The number of hydrogen-bond acceptors (Lipinski definition) is 4. The Labute approximate surface area is 167 Å². The van der Waals surface area contributed by atoms with Gasteiger partial charge in [-0.15, -0.1) is 0 Å². The van der Waals surface area contributed by atoms with Crippen molar-refractivity contribution in [3.8, 4) is 0 Å². The first-order valence-electron chi connectivity index (χ1n) is 10.5. The molecule has 154 valence electrons. The fourth-order valence-electron chi connectivity index (χ4n) is 3.92. The lowest BCUT2D eigenvalue weighted by Gasteiger charge is -2.17. The van der Waals surface area contributed by atoms with Gasteiger partial charge in [0.15, 0.2) is 5.82 Å². The molecule has 1 aromatic rings. The molecule has 1 aliphatic carbocycles. The van der Waals surface area contributed by atoms with Crippen LogP contribution >= 0.6 is 0 Å². The zero-order valence-electron chi connectivity index (χ0n) is 17.2. The second-order valence-corrected chi connectivity index (χ2v) is 8.01. The van der Waals surface area contributed by atoms with Crippen molar-refractivity contribution in [1.82, 2.24) is 25.1 Å². The molecule has 2 aliphatic rings. The number of imidazole rings is 1. The van der Waals surface area contributed by atoms with Crippen molar-refractivity contribution in [1.29, 1.82) is 0 Å². The molecule has 7 heteroatoms. The molecule has 28 heavy (non-hydrogen) atoms. The molecule has 0 aromatic carbocycles. The molecule has 0 atom stereocenters. The molecule has 2 heterocycles. The Morgan fingerprint density at radius 1 is 1.07 bits per heavy atom. The van der Waals surface area contributed by atoms with Gasteiger partial charge in [-0.05, 0) is 65.5 Å². The maximum atomic E-state index is 12.8. The zero-order valence-corrected chi connectivity index (χ0v) is 17.2. The van der Waals surface area contributed by atoms with Crippen LogP contribution in [-0.4, -0.2) is 60.0 Å². The number of amides is 2. The summed E-state index contributed by atoms with van der Waals surface area (Å²) in [6.45, 7) is 2.70. The number of allylic oxidation sites excluding steroid dienone is 1. The van der Waals surface area contributed by atoms with Gasteiger partial charge in [-0.2, -0.15) is 0 Å². The molecule has 0 spiro atoms. The predicted molar refractivity (Wildman–Crippen MR) is 110 cm³/mol. The van der Waals surface area contributed by atoms with E-state index >= 15 is 0 Å². The van der Waals surface area contributed by atoms with Gasteiger partial charge in [0.05, 0.1) is 5.69 Å². The third-order valence-electron chi connectivity index (χ3n) is 5.50. The third kappa shape index (κ3) is 5.22. The number of likely N-dealkylation sites (N-methyl/N-ethyl adjacent to an activating group) is 1. The van der Waals surface area contributed by atoms with Gasteiger partial charge < -0.3 is 20.1 Å². The molecule has 0 saturated heterocycles. The van der Waals surface area contributed by atoms with Gasteiger partial charge in [0.2, 0.25) is 0 Å². The summed E-state index contributed by atoms with van der Waals surface area (Å²) in [6.07, 6.45) is 10.9. The summed E-state index contributed by atoms with van der Waals surface area (Å²) in [6, 6.07) is 0. The highest BCUT2D eigenvalue weighted by molar-refractivity contribution is 5.97. The Kier molecular flexibility index (Phi) is 7.25. The molecule has 0 bridgehead atoms. The number of nitrogens with one attached hydrogen (secondary N) is 2. The molecular weight excluding hydrogens is 354 g/mol. The molecule has 0 fully saturated rings. The van der Waals surface area contributed by atoms with E-state index in [2.05, 4.69) is 21.7 Å². The highest BCUT2D eigenvalue weighted by Crippen LogP contribution is 2.22. The third-order valence-corrected chi connectivity index (χ3v) is 5.50. The first-order valence-corrected chi connectivity index (χ1v) is 10.5. The van der Waals surface area contributed by atoms with Crippen LogP contribution in [0.2, 0.25) is 0 Å². The fraction of sp³-hybridized carbons (Fsp3) is 0.667. The summed E-state index contributed by atoms with van der Waals surface area (Å²) in [7, 11) is 3.94. The second kappa shape index (κ2) is 9.87. The van der Waals surface area contributed by atoms with E-state index in [0.717, 1.165) is 57.3 Å². The van der Waals surface area contributed by atoms with Gasteiger partial charge in [0, 0.05) is 26.2 Å². The predicted octanol–water partition coefficient (Wildman–Crippen LogP) is 2.13. The van der Waals surface area contributed by atoms with E-state index in [0.29, 0.717) is 24.6 Å². The number of fused-ring (bicyclic) bond motifs is 1. The van der Waals surface area contributed by atoms with Crippen LogP contribution in [0, 0.1) is 0 Å². The molecule has 1 aliphatic heterocycles. The summed E-state index contributed by atoms with van der Waals surface area (Å²) in [5, 5.41) is 5.93. The lowest BCUT2D eigenvalue weighted by molar-refractivity contribution is 0.0935. The van der Waals surface area contributed by atoms with Crippen molar-refractivity contribution in [2.75, 3.05) is 33.7 Å². The maximum absolute atomic E-state index is 12.8. The zero-order chi connectivity index (χ0) is 19.9. The largest absolute Gasteiger partial charge is 0.350 e. The molecule has 7 nitrogen and oxygen atoms in total. The molecule has 0 unspecified atom stereocenters. The molecule has 2 N–H and O–H groups in total. The van der Waals surface area contributed by atoms with Gasteiger partial charge in [0.1, 0.15) is 5.69 Å². The Morgan fingerprint density at radius 3 is 2.61 bits per heavy atom. The topological polar surface area (TPSA) is 79.3 Å². The second-order valence-electron chi connectivity index (χ2n) is 8.01. The average molecular weight is 388 g/mol. The van der Waals surface area contributed by atoms with Crippen LogP contribution in [0.3, 0.4) is 0 Å². The number of nitrogens with zero attached hydrogens (tertiary/aromatic N) is 3. The van der Waals surface area contributed by atoms with Crippen LogP contribution in [0.5, 0.6) is 0 Å². The first-order chi connectivity index (χ1) is 13.6. The molecule has 0 saturated carbocycles. The monoisotopic (exact) mass is 387 g/mol. The average Bonchev–Trinajstić information content (AvgIpc) is 3.08. The van der Waals surface area contributed by atoms with Crippen molar-refractivity contribution in [2.24, 2.45) is 0 Å². The quantitative estimate of drug-likeness (QED) is 0.670. The summed E-state index contributed by atoms with van der Waals surface area (Å²) >= 11 is 0. The van der Waals surface area contributed by atoms with E-state index in [4.69, 9.17) is 0 Å². The smallest absolute Gasteiger partial charge is 0.287 e. The molecular formula is C21H33N5O2. The Hall–Kier alpha value is -2.15. The minimum absolute atomic E-state index is 0.158. The van der Waals surface area contributed by atoms with Crippen molar-refractivity contribution in [3.63, 3.8) is 0 Å². The molecule has 0 radical (unpaired) electrons. The highest BCUT2D eigenvalue weighted by Gasteiger charge is 2.27. The van der Waals surface area contributed by atoms with Gasteiger partial charge in [-0.1, -0.05) is 11.6 Å². The minimum Gasteiger partial charge on any atom is -0.350 e. The van der Waals surface area contributed by atoms with E-state index in [1.54, 1.807) is 0 Å². The number of aromatic nitrogens is 2. The van der Waals surface area contributed by atoms with Crippen molar-refractivity contribution in [3.05, 3.63) is 28.9 Å². The van der Waals surface area contributed by atoms with Gasteiger partial charge in [-0.3, -0.25) is 9.59 Å². The lowest BCUT2D eigenvalue weighted by Crippen LogP contribution is -2.33. The van der Waals surface area contributed by atoms with E-state index in [-0.39, 0.29) is 11.8 Å². The van der Waals surface area contributed by atoms with E-state index in [9.17, 15) is 9.59 Å². The van der Waals surface area contributed by atoms with E-state index in [1.807, 2.05) is 23.6 Å². The van der Waals surface area contributed by atoms with Crippen LogP contribution in [0.1, 0.15) is 71.7 Å². The van der Waals surface area contributed by atoms with Crippen LogP contribution in [0.4, 0.5) is 0 Å². The van der Waals surface area contributed by atoms with Crippen LogP contribution in [0.15, 0.2) is 11.6 Å². The molecule has 2 amide bonds. The van der Waals surface area contributed by atoms with Crippen molar-refractivity contribution >= 4 is 11.8 Å². The van der Waals surface area contributed by atoms with Crippen molar-refractivity contribution in [2.45, 2.75) is 57.9 Å². The summed E-state index contributed by atoms with van der Waals surface area (Å²) < 4.78 is 1.94. The SMILES string of the molecule is CN(C)CCNC(=O)c1nc(C(=O)NCCC2=CCCCC2)c2n1CCCC2. The number of rotatable bonds is 8. The molecule has 3 rings (SSSR count). The highest BCUT2D eigenvalue weighted by atomic mass is 16.2. The first kappa shape index (κ1) is 20.6. The lowest BCUT2D eigenvalue weighted by atomic mass is 9.97. The standard InChI is InChI=1S/C21H33N5O2/c1-25(2)15-13-23-21(28)19-24-18(17-10-6-7-14-26(17)19)20(27)22-12-11-16-8-4-3-5-9-16/h8H,3-7,9-15H2,1-2H3,(H,22,27)(H,23,28). The van der Waals surface area contributed by atoms with Gasteiger partial charge >= 0.3 is 0 Å². The Morgan fingerprint density at radius 2 is 1.86 bits per heavy atom. The number of carbonyl (C=O) groups is 2. The summed E-state index contributed by atoms with van der Waals surface area (Å²) in [5.74, 6) is 0.0133. The number of hydrogen-bond donors (Lipinski definition) is 2. The minimum atomic E-state index is -0.198. The normalized spacial score (nSPS) is 16.5. The van der Waals surface area contributed by atoms with Crippen LogP contribution < -0.4 is 10.6 Å². The van der Waals surface area contributed by atoms with E-state index in [1.165, 1.54) is 18.4 Å².